The van der Waals surface area contributed by atoms with Crippen LogP contribution in [0.15, 0.2) is 24.3 Å². The fraction of sp³-hybridized carbons (Fsp3) is 0.571. The normalized spacial score (nSPS) is 19.6. The number of nitrogens with two attached hydrogens (primary N) is 1. The lowest BCUT2D eigenvalue weighted by molar-refractivity contribution is 0.460. The van der Waals surface area contributed by atoms with Gasteiger partial charge in [-0.15, -0.1) is 0 Å². The lowest BCUT2D eigenvalue weighted by Gasteiger charge is -2.23. The third kappa shape index (κ3) is 3.06. The summed E-state index contributed by atoms with van der Waals surface area (Å²) in [5.41, 5.74) is 8.72. The number of piperidine rings is 1. The van der Waals surface area contributed by atoms with Crippen LogP contribution in [0.1, 0.15) is 36.8 Å². The van der Waals surface area contributed by atoms with E-state index in [1.807, 2.05) is 0 Å². The van der Waals surface area contributed by atoms with Gasteiger partial charge in [-0.3, -0.25) is 0 Å². The van der Waals surface area contributed by atoms with E-state index >= 15 is 0 Å². The molecule has 1 fully saturated rings. The maximum atomic E-state index is 5.84. The van der Waals surface area contributed by atoms with E-state index < -0.39 is 0 Å². The van der Waals surface area contributed by atoms with E-state index in [2.05, 4.69) is 36.5 Å². The molecule has 0 saturated carbocycles. The summed E-state index contributed by atoms with van der Waals surface area (Å²) in [6.45, 7) is 4.38. The Balaban J connectivity index is 2.08. The van der Waals surface area contributed by atoms with Crippen LogP contribution in [-0.4, -0.2) is 19.1 Å². The maximum absolute atomic E-state index is 5.84. The molecule has 0 aliphatic carbocycles. The number of hydrogen-bond donors (Lipinski definition) is 2. The second-order valence-corrected chi connectivity index (χ2v) is 4.95. The van der Waals surface area contributed by atoms with E-state index in [0.717, 1.165) is 25.4 Å². The molecule has 16 heavy (non-hydrogen) atoms. The van der Waals surface area contributed by atoms with Crippen molar-refractivity contribution in [3.8, 4) is 0 Å². The molecule has 2 nitrogen and oxygen atoms in total. The summed E-state index contributed by atoms with van der Waals surface area (Å²) in [5, 5.41) is 3.41. The van der Waals surface area contributed by atoms with Gasteiger partial charge < -0.3 is 11.1 Å². The first-order valence-corrected chi connectivity index (χ1v) is 6.31. The highest BCUT2D eigenvalue weighted by Crippen LogP contribution is 2.25. The number of hydrogen-bond acceptors (Lipinski definition) is 2. The Bertz CT molecular complexity index is 327. The molecule has 1 aliphatic heterocycles. The van der Waals surface area contributed by atoms with Crippen LogP contribution >= 0.6 is 0 Å². The molecule has 1 aromatic rings. The Morgan fingerprint density at radius 2 is 2.12 bits per heavy atom. The quantitative estimate of drug-likeness (QED) is 0.815. The van der Waals surface area contributed by atoms with Gasteiger partial charge >= 0.3 is 0 Å². The first kappa shape index (κ1) is 11.6. The van der Waals surface area contributed by atoms with E-state index in [-0.39, 0.29) is 6.04 Å². The van der Waals surface area contributed by atoms with Crippen LogP contribution in [0.2, 0.25) is 0 Å². The van der Waals surface area contributed by atoms with Crippen molar-refractivity contribution < 1.29 is 0 Å². The Kier molecular flexibility index (Phi) is 3.97. The zero-order valence-electron chi connectivity index (χ0n) is 10.1. The molecule has 1 heterocycles. The van der Waals surface area contributed by atoms with E-state index in [4.69, 9.17) is 5.73 Å². The molecule has 0 amide bonds. The van der Waals surface area contributed by atoms with Crippen molar-refractivity contribution in [3.63, 3.8) is 0 Å². The molecule has 1 aliphatic rings. The van der Waals surface area contributed by atoms with Crippen LogP contribution in [0.5, 0.6) is 0 Å². The average Bonchev–Trinajstić information content (AvgIpc) is 2.30. The molecule has 1 unspecified atom stereocenters. The molecule has 0 aromatic heterocycles. The van der Waals surface area contributed by atoms with E-state index in [0.29, 0.717) is 0 Å². The third-order valence-corrected chi connectivity index (χ3v) is 3.32. The van der Waals surface area contributed by atoms with E-state index in [9.17, 15) is 0 Å². The minimum Gasteiger partial charge on any atom is -0.328 e. The largest absolute Gasteiger partial charge is 0.328 e. The van der Waals surface area contributed by atoms with Crippen molar-refractivity contribution >= 4 is 0 Å². The number of nitrogens with one attached hydrogen (secondary N) is 1. The second-order valence-electron chi connectivity index (χ2n) is 4.95. The number of rotatable bonds is 3. The molecule has 0 radical (unpaired) electrons. The summed E-state index contributed by atoms with van der Waals surface area (Å²) in [4.78, 5) is 0. The maximum Gasteiger partial charge on any atom is 0.00509 e. The molecule has 1 aromatic carbocycles. The predicted octanol–water partition coefficient (Wildman–Crippen LogP) is 2.04. The van der Waals surface area contributed by atoms with Crippen LogP contribution in [0, 0.1) is 0 Å². The van der Waals surface area contributed by atoms with Crippen LogP contribution < -0.4 is 11.1 Å². The van der Waals surface area contributed by atoms with Gasteiger partial charge in [0, 0.05) is 6.04 Å². The van der Waals surface area contributed by atoms with Crippen LogP contribution in [0.25, 0.3) is 0 Å². The fourth-order valence-electron chi connectivity index (χ4n) is 2.50. The Labute approximate surface area is 98.2 Å². The van der Waals surface area contributed by atoms with Gasteiger partial charge in [0.1, 0.15) is 0 Å². The smallest absolute Gasteiger partial charge is 0.00509 e. The first-order chi connectivity index (χ1) is 7.75. The molecule has 2 heteroatoms. The highest BCUT2D eigenvalue weighted by Gasteiger charge is 2.15. The standard InChI is InChI=1S/C14H22N2/c1-11(15)9-12-3-2-4-14(10-12)13-5-7-16-8-6-13/h2-4,10-11,13,16H,5-9,15H2,1H3. The lowest BCUT2D eigenvalue weighted by atomic mass is 9.89. The van der Waals surface area contributed by atoms with Crippen molar-refractivity contribution in [2.45, 2.75) is 38.1 Å². The molecule has 88 valence electrons. The predicted molar refractivity (Wildman–Crippen MR) is 68.6 cm³/mol. The van der Waals surface area contributed by atoms with Crippen LogP contribution in [0.4, 0.5) is 0 Å². The Hall–Kier alpha value is -0.860. The van der Waals surface area contributed by atoms with Gasteiger partial charge in [0.25, 0.3) is 0 Å². The van der Waals surface area contributed by atoms with E-state index in [1.165, 1.54) is 24.0 Å². The summed E-state index contributed by atoms with van der Waals surface area (Å²) in [5.74, 6) is 0.745. The minimum atomic E-state index is 0.253. The molecular weight excluding hydrogens is 196 g/mol. The zero-order valence-corrected chi connectivity index (χ0v) is 10.1. The molecule has 1 saturated heterocycles. The van der Waals surface area contributed by atoms with Crippen LogP contribution in [-0.2, 0) is 6.42 Å². The highest BCUT2D eigenvalue weighted by atomic mass is 14.9. The Morgan fingerprint density at radius 1 is 1.38 bits per heavy atom. The highest BCUT2D eigenvalue weighted by molar-refractivity contribution is 5.27. The van der Waals surface area contributed by atoms with Gasteiger partial charge in [0.2, 0.25) is 0 Å². The second kappa shape index (κ2) is 5.46. The molecule has 0 bridgehead atoms. The molecule has 2 rings (SSSR count). The molecular formula is C14H22N2. The summed E-state index contributed by atoms with van der Waals surface area (Å²) < 4.78 is 0. The summed E-state index contributed by atoms with van der Waals surface area (Å²) in [6.07, 6.45) is 3.52. The van der Waals surface area contributed by atoms with Gasteiger partial charge in [-0.25, -0.2) is 0 Å². The summed E-state index contributed by atoms with van der Waals surface area (Å²) in [7, 11) is 0. The lowest BCUT2D eigenvalue weighted by Crippen LogP contribution is -2.26. The topological polar surface area (TPSA) is 38.0 Å². The van der Waals surface area contributed by atoms with Crippen molar-refractivity contribution in [1.29, 1.82) is 0 Å². The third-order valence-electron chi connectivity index (χ3n) is 3.32. The average molecular weight is 218 g/mol. The van der Waals surface area contributed by atoms with Crippen molar-refractivity contribution in [1.82, 2.24) is 5.32 Å². The first-order valence-electron chi connectivity index (χ1n) is 6.31. The fourth-order valence-corrected chi connectivity index (χ4v) is 2.50. The van der Waals surface area contributed by atoms with Gasteiger partial charge in [-0.05, 0) is 56.3 Å². The molecule has 0 spiro atoms. The van der Waals surface area contributed by atoms with E-state index in [1.54, 1.807) is 0 Å². The summed E-state index contributed by atoms with van der Waals surface area (Å²) >= 11 is 0. The Morgan fingerprint density at radius 3 is 2.81 bits per heavy atom. The monoisotopic (exact) mass is 218 g/mol. The van der Waals surface area contributed by atoms with Crippen molar-refractivity contribution in [2.24, 2.45) is 5.73 Å². The minimum absolute atomic E-state index is 0.253. The summed E-state index contributed by atoms with van der Waals surface area (Å²) in [6, 6.07) is 9.23. The van der Waals surface area contributed by atoms with Crippen molar-refractivity contribution in [3.05, 3.63) is 35.4 Å². The van der Waals surface area contributed by atoms with Crippen LogP contribution in [0.3, 0.4) is 0 Å². The molecule has 3 N–H and O–H groups in total. The molecule has 1 atom stereocenters. The van der Waals surface area contributed by atoms with Gasteiger partial charge in [0.15, 0.2) is 0 Å². The number of benzene rings is 1. The van der Waals surface area contributed by atoms with Gasteiger partial charge in [0.05, 0.1) is 0 Å². The SMILES string of the molecule is CC(N)Cc1cccc(C2CCNCC2)c1. The van der Waals surface area contributed by atoms with Crippen molar-refractivity contribution in [2.75, 3.05) is 13.1 Å². The zero-order chi connectivity index (χ0) is 11.4. The van der Waals surface area contributed by atoms with Gasteiger partial charge in [-0.2, -0.15) is 0 Å². The van der Waals surface area contributed by atoms with Gasteiger partial charge in [-0.1, -0.05) is 24.3 Å².